The summed E-state index contributed by atoms with van der Waals surface area (Å²) in [6.07, 6.45) is 9.23. The van der Waals surface area contributed by atoms with Gasteiger partial charge in [0.25, 0.3) is 0 Å². The third kappa shape index (κ3) is 2.72. The molecular formula is C17H22N2O. The van der Waals surface area contributed by atoms with Gasteiger partial charge in [0, 0.05) is 31.4 Å². The molecule has 2 aliphatic rings. The Morgan fingerprint density at radius 3 is 3.05 bits per heavy atom. The summed E-state index contributed by atoms with van der Waals surface area (Å²) in [7, 11) is 0. The van der Waals surface area contributed by atoms with Gasteiger partial charge in [0.15, 0.2) is 0 Å². The number of rotatable bonds is 3. The molecule has 20 heavy (non-hydrogen) atoms. The van der Waals surface area contributed by atoms with Crippen molar-refractivity contribution in [3.8, 4) is 0 Å². The van der Waals surface area contributed by atoms with Crippen LogP contribution in [0.25, 0.3) is 0 Å². The van der Waals surface area contributed by atoms with Crippen LogP contribution in [0.1, 0.15) is 31.7 Å². The Morgan fingerprint density at radius 1 is 1.40 bits per heavy atom. The smallest absolute Gasteiger partial charge is 0.223 e. The van der Waals surface area contributed by atoms with Crippen molar-refractivity contribution in [3.05, 3.63) is 35.9 Å². The summed E-state index contributed by atoms with van der Waals surface area (Å²) in [5.74, 6) is 0.889. The molecule has 3 nitrogen and oxygen atoms in total. The Hall–Kier alpha value is -1.77. The van der Waals surface area contributed by atoms with Crippen LogP contribution in [0.4, 0.5) is 11.4 Å². The molecule has 1 atom stereocenters. The summed E-state index contributed by atoms with van der Waals surface area (Å²) in [6.45, 7) is 3.50. The molecule has 0 aromatic heterocycles. The molecule has 0 spiro atoms. The monoisotopic (exact) mass is 270 g/mol. The Balaban J connectivity index is 1.64. The fourth-order valence-electron chi connectivity index (χ4n) is 3.14. The molecule has 1 aromatic rings. The van der Waals surface area contributed by atoms with Gasteiger partial charge in [-0.3, -0.25) is 4.79 Å². The van der Waals surface area contributed by atoms with Crippen molar-refractivity contribution < 1.29 is 4.79 Å². The summed E-state index contributed by atoms with van der Waals surface area (Å²) < 4.78 is 0. The second-order valence-electron chi connectivity index (χ2n) is 5.80. The maximum atomic E-state index is 11.5. The molecule has 3 heteroatoms. The van der Waals surface area contributed by atoms with E-state index in [0.29, 0.717) is 0 Å². The summed E-state index contributed by atoms with van der Waals surface area (Å²) >= 11 is 0. The van der Waals surface area contributed by atoms with Gasteiger partial charge in [-0.25, -0.2) is 0 Å². The van der Waals surface area contributed by atoms with Gasteiger partial charge in [-0.1, -0.05) is 12.2 Å². The van der Waals surface area contributed by atoms with Crippen LogP contribution in [0.15, 0.2) is 30.4 Å². The van der Waals surface area contributed by atoms with Gasteiger partial charge in [0.1, 0.15) is 0 Å². The zero-order valence-corrected chi connectivity index (χ0v) is 12.1. The van der Waals surface area contributed by atoms with E-state index in [0.717, 1.165) is 31.1 Å². The summed E-state index contributed by atoms with van der Waals surface area (Å²) in [4.78, 5) is 13.4. The largest absolute Gasteiger partial charge is 0.385 e. The average Bonchev–Trinajstić information content (AvgIpc) is 2.89. The molecule has 0 saturated carbocycles. The van der Waals surface area contributed by atoms with Gasteiger partial charge in [0.05, 0.1) is 0 Å². The number of carbonyl (C=O) groups is 1. The van der Waals surface area contributed by atoms with Crippen molar-refractivity contribution in [2.45, 2.75) is 32.6 Å². The van der Waals surface area contributed by atoms with E-state index < -0.39 is 0 Å². The maximum Gasteiger partial charge on any atom is 0.223 e. The second-order valence-corrected chi connectivity index (χ2v) is 5.80. The minimum atomic E-state index is 0.137. The molecule has 0 radical (unpaired) electrons. The van der Waals surface area contributed by atoms with Crippen molar-refractivity contribution in [1.82, 2.24) is 0 Å². The van der Waals surface area contributed by atoms with Crippen LogP contribution >= 0.6 is 0 Å². The number of fused-ring (bicyclic) bond motifs is 1. The van der Waals surface area contributed by atoms with Crippen molar-refractivity contribution in [2.75, 3.05) is 23.3 Å². The van der Waals surface area contributed by atoms with Gasteiger partial charge in [-0.2, -0.15) is 0 Å². The maximum absolute atomic E-state index is 11.5. The molecule has 1 N–H and O–H groups in total. The molecule has 1 amide bonds. The molecule has 0 saturated heterocycles. The minimum Gasteiger partial charge on any atom is -0.385 e. The number of carbonyl (C=O) groups excluding carboxylic acids is 1. The van der Waals surface area contributed by atoms with Gasteiger partial charge < -0.3 is 10.2 Å². The molecule has 1 aliphatic carbocycles. The highest BCUT2D eigenvalue weighted by Crippen LogP contribution is 2.30. The molecule has 1 aromatic carbocycles. The molecular weight excluding hydrogens is 248 g/mol. The molecule has 0 fully saturated rings. The number of nitrogens with zero attached hydrogens (tertiary/aromatic N) is 1. The summed E-state index contributed by atoms with van der Waals surface area (Å²) in [5.41, 5.74) is 3.56. The lowest BCUT2D eigenvalue weighted by Crippen LogP contribution is -2.25. The standard InChI is InChI=1S/C17H22N2O/c1-13(20)19-10-9-15-11-16(7-8-17(15)19)18-12-14-5-3-2-4-6-14/h2-3,7-8,11,14,18H,4-6,9-10,12H2,1H3. The lowest BCUT2D eigenvalue weighted by atomic mass is 9.94. The van der Waals surface area contributed by atoms with Crippen molar-refractivity contribution in [2.24, 2.45) is 5.92 Å². The molecule has 1 heterocycles. The van der Waals surface area contributed by atoms with Gasteiger partial charge in [-0.05, 0) is 55.4 Å². The zero-order chi connectivity index (χ0) is 13.9. The molecule has 1 aliphatic heterocycles. The quantitative estimate of drug-likeness (QED) is 0.854. The van der Waals surface area contributed by atoms with E-state index >= 15 is 0 Å². The first-order valence-electron chi connectivity index (χ1n) is 7.54. The topological polar surface area (TPSA) is 32.3 Å². The fourth-order valence-corrected chi connectivity index (χ4v) is 3.14. The normalized spacial score (nSPS) is 20.9. The van der Waals surface area contributed by atoms with Gasteiger partial charge in [0.2, 0.25) is 5.91 Å². The highest BCUT2D eigenvalue weighted by molar-refractivity contribution is 5.94. The number of anilines is 2. The Morgan fingerprint density at radius 2 is 2.30 bits per heavy atom. The van der Waals surface area contributed by atoms with E-state index in [-0.39, 0.29) is 5.91 Å². The van der Waals surface area contributed by atoms with Crippen molar-refractivity contribution in [1.29, 1.82) is 0 Å². The molecule has 1 unspecified atom stereocenters. The molecule has 3 rings (SSSR count). The van der Waals surface area contributed by atoms with E-state index in [2.05, 4.69) is 35.7 Å². The summed E-state index contributed by atoms with van der Waals surface area (Å²) in [6, 6.07) is 6.38. The van der Waals surface area contributed by atoms with E-state index in [1.807, 2.05) is 4.90 Å². The summed E-state index contributed by atoms with van der Waals surface area (Å²) in [5, 5.41) is 3.55. The fraction of sp³-hybridized carbons (Fsp3) is 0.471. The van der Waals surface area contributed by atoms with Gasteiger partial charge in [-0.15, -0.1) is 0 Å². The zero-order valence-electron chi connectivity index (χ0n) is 12.1. The predicted molar refractivity (Wildman–Crippen MR) is 83.1 cm³/mol. The number of nitrogens with one attached hydrogen (secondary N) is 1. The second kappa shape index (κ2) is 5.70. The average molecular weight is 270 g/mol. The van der Waals surface area contributed by atoms with Gasteiger partial charge >= 0.3 is 0 Å². The first-order valence-corrected chi connectivity index (χ1v) is 7.54. The molecule has 106 valence electrons. The van der Waals surface area contributed by atoms with Crippen LogP contribution in [-0.2, 0) is 11.2 Å². The van der Waals surface area contributed by atoms with Crippen LogP contribution in [0.2, 0.25) is 0 Å². The lowest BCUT2D eigenvalue weighted by molar-refractivity contribution is -0.116. The SMILES string of the molecule is CC(=O)N1CCc2cc(NCC3CC=CCC3)ccc21. The number of hydrogen-bond donors (Lipinski definition) is 1. The third-order valence-electron chi connectivity index (χ3n) is 4.33. The predicted octanol–water partition coefficient (Wildman–Crippen LogP) is 3.36. The number of allylic oxidation sites excluding steroid dienone is 2. The van der Waals surface area contributed by atoms with E-state index in [1.54, 1.807) is 6.92 Å². The Bertz CT molecular complexity index is 536. The van der Waals surface area contributed by atoms with Crippen LogP contribution in [0.3, 0.4) is 0 Å². The number of amides is 1. The first-order chi connectivity index (χ1) is 9.74. The first kappa shape index (κ1) is 13.2. The number of benzene rings is 1. The Kier molecular flexibility index (Phi) is 3.77. The van der Waals surface area contributed by atoms with Crippen LogP contribution in [0, 0.1) is 5.92 Å². The van der Waals surface area contributed by atoms with E-state index in [9.17, 15) is 4.79 Å². The third-order valence-corrected chi connectivity index (χ3v) is 4.33. The highest BCUT2D eigenvalue weighted by atomic mass is 16.2. The van der Waals surface area contributed by atoms with Crippen molar-refractivity contribution in [3.63, 3.8) is 0 Å². The van der Waals surface area contributed by atoms with Crippen LogP contribution in [0.5, 0.6) is 0 Å². The lowest BCUT2D eigenvalue weighted by Gasteiger charge is -2.19. The van der Waals surface area contributed by atoms with E-state index in [1.165, 1.54) is 30.5 Å². The highest BCUT2D eigenvalue weighted by Gasteiger charge is 2.22. The van der Waals surface area contributed by atoms with Crippen LogP contribution in [-0.4, -0.2) is 19.0 Å². The van der Waals surface area contributed by atoms with E-state index in [4.69, 9.17) is 0 Å². The van der Waals surface area contributed by atoms with Crippen LogP contribution < -0.4 is 10.2 Å². The minimum absolute atomic E-state index is 0.137. The number of hydrogen-bond acceptors (Lipinski definition) is 2. The Labute approximate surface area is 120 Å². The van der Waals surface area contributed by atoms with Crippen molar-refractivity contribution >= 4 is 17.3 Å². The molecule has 0 bridgehead atoms.